The van der Waals surface area contributed by atoms with Gasteiger partial charge in [0.25, 0.3) is 0 Å². The zero-order valence-electron chi connectivity index (χ0n) is 13.4. The molecule has 0 spiro atoms. The number of nitrogen functional groups attached to an aromatic ring is 1. The Kier molecular flexibility index (Phi) is 6.47. The van der Waals surface area contributed by atoms with E-state index >= 15 is 0 Å². The third-order valence-electron chi connectivity index (χ3n) is 3.28. The molecule has 2 aromatic rings. The molecule has 8 nitrogen and oxygen atoms in total. The molecular formula is C17H18N4O4. The fourth-order valence-corrected chi connectivity index (χ4v) is 2.00. The number of hydrogen-bond donors (Lipinski definition) is 2. The lowest BCUT2D eigenvalue weighted by atomic mass is 10.2. The average Bonchev–Trinajstić information content (AvgIpc) is 2.61. The zero-order chi connectivity index (χ0) is 18.1. The predicted octanol–water partition coefficient (Wildman–Crippen LogP) is 2.90. The summed E-state index contributed by atoms with van der Waals surface area (Å²) in [6.07, 6.45) is 5.94. The van der Waals surface area contributed by atoms with Gasteiger partial charge in [-0.25, -0.2) is 4.79 Å². The van der Waals surface area contributed by atoms with E-state index in [1.54, 1.807) is 12.2 Å². The number of hydrogen-bond acceptors (Lipinski definition) is 6. The monoisotopic (exact) mass is 342 g/mol. The number of carbonyl (C=O) groups is 1. The molecule has 0 saturated heterocycles. The second-order valence-electron chi connectivity index (χ2n) is 5.10. The molecule has 0 fully saturated rings. The summed E-state index contributed by atoms with van der Waals surface area (Å²) in [5.41, 5.74) is 6.92. The van der Waals surface area contributed by atoms with Crippen molar-refractivity contribution in [2.45, 2.75) is 13.0 Å². The van der Waals surface area contributed by atoms with Gasteiger partial charge in [0, 0.05) is 18.3 Å². The molecule has 0 radical (unpaired) electrons. The third kappa shape index (κ3) is 5.61. The molecule has 1 heterocycles. The third-order valence-corrected chi connectivity index (χ3v) is 3.28. The minimum absolute atomic E-state index is 0.0616. The standard InChI is InChI=1S/C17H18N4O4/c18-16-14(10-19-11-15(16)21(23)24)8-4-5-9-20-17(22)25-12-13-6-2-1-3-7-13/h1-4,6-8,10-11H,5,9,12H2,(H2,18,19)(H,20,22). The molecule has 1 amide bonds. The molecule has 0 aliphatic heterocycles. The quantitative estimate of drug-likeness (QED) is 0.453. The number of ether oxygens (including phenoxy) is 1. The normalized spacial score (nSPS) is 10.6. The van der Waals surface area contributed by atoms with Crippen molar-refractivity contribution in [3.63, 3.8) is 0 Å². The number of benzene rings is 1. The SMILES string of the molecule is Nc1c(C=CCCNC(=O)OCc2ccccc2)cncc1[N+](=O)[O-]. The number of alkyl carbamates (subject to hydrolysis) is 1. The van der Waals surface area contributed by atoms with E-state index in [0.717, 1.165) is 11.8 Å². The van der Waals surface area contributed by atoms with E-state index in [1.165, 1.54) is 6.20 Å². The zero-order valence-corrected chi connectivity index (χ0v) is 13.4. The lowest BCUT2D eigenvalue weighted by molar-refractivity contribution is -0.384. The number of rotatable bonds is 7. The van der Waals surface area contributed by atoms with Crippen molar-refractivity contribution in [3.05, 3.63) is 70.0 Å². The van der Waals surface area contributed by atoms with Crippen LogP contribution in [0.15, 0.2) is 48.8 Å². The van der Waals surface area contributed by atoms with Gasteiger partial charge in [-0.2, -0.15) is 0 Å². The lowest BCUT2D eigenvalue weighted by Crippen LogP contribution is -2.24. The first-order chi connectivity index (χ1) is 12.1. The second-order valence-corrected chi connectivity index (χ2v) is 5.10. The highest BCUT2D eigenvalue weighted by Crippen LogP contribution is 2.24. The Bertz CT molecular complexity index is 762. The van der Waals surface area contributed by atoms with Crippen LogP contribution in [-0.4, -0.2) is 22.5 Å². The number of carbonyl (C=O) groups excluding carboxylic acids is 1. The van der Waals surface area contributed by atoms with E-state index in [4.69, 9.17) is 10.5 Å². The van der Waals surface area contributed by atoms with Crippen LogP contribution in [0, 0.1) is 10.1 Å². The van der Waals surface area contributed by atoms with E-state index in [9.17, 15) is 14.9 Å². The van der Waals surface area contributed by atoms with Gasteiger partial charge in [-0.05, 0) is 12.0 Å². The Balaban J connectivity index is 1.74. The molecule has 2 rings (SSSR count). The van der Waals surface area contributed by atoms with Crippen molar-refractivity contribution in [1.29, 1.82) is 0 Å². The van der Waals surface area contributed by atoms with E-state index < -0.39 is 11.0 Å². The maximum Gasteiger partial charge on any atom is 0.407 e. The number of nitrogens with one attached hydrogen (secondary N) is 1. The fraction of sp³-hybridized carbons (Fsp3) is 0.176. The number of nitrogens with zero attached hydrogens (tertiary/aromatic N) is 2. The number of nitro groups is 1. The Morgan fingerprint density at radius 2 is 2.08 bits per heavy atom. The van der Waals surface area contributed by atoms with Crippen LogP contribution in [0.1, 0.15) is 17.5 Å². The van der Waals surface area contributed by atoms with E-state index in [0.29, 0.717) is 18.5 Å². The van der Waals surface area contributed by atoms with Gasteiger partial charge in [0.2, 0.25) is 0 Å². The van der Waals surface area contributed by atoms with E-state index in [2.05, 4.69) is 10.3 Å². The van der Waals surface area contributed by atoms with Crippen molar-refractivity contribution in [1.82, 2.24) is 10.3 Å². The highest BCUT2D eigenvalue weighted by Gasteiger charge is 2.13. The first-order valence-electron chi connectivity index (χ1n) is 7.57. The van der Waals surface area contributed by atoms with Gasteiger partial charge in [0.1, 0.15) is 18.5 Å². The topological polar surface area (TPSA) is 120 Å². The molecule has 8 heteroatoms. The second kappa shape index (κ2) is 9.02. The molecule has 1 aromatic carbocycles. The summed E-state index contributed by atoms with van der Waals surface area (Å²) in [6, 6.07) is 9.37. The summed E-state index contributed by atoms with van der Waals surface area (Å²) in [5, 5.41) is 13.4. The summed E-state index contributed by atoms with van der Waals surface area (Å²) in [6.45, 7) is 0.574. The first-order valence-corrected chi connectivity index (χ1v) is 7.57. The maximum atomic E-state index is 11.6. The average molecular weight is 342 g/mol. The summed E-state index contributed by atoms with van der Waals surface area (Å²) >= 11 is 0. The molecule has 0 unspecified atom stereocenters. The molecule has 0 atom stereocenters. The van der Waals surface area contributed by atoms with Gasteiger partial charge in [0.15, 0.2) is 0 Å². The Morgan fingerprint density at radius 3 is 2.80 bits per heavy atom. The summed E-state index contributed by atoms with van der Waals surface area (Å²) < 4.78 is 5.08. The van der Waals surface area contributed by atoms with Gasteiger partial charge < -0.3 is 15.8 Å². The van der Waals surface area contributed by atoms with Crippen LogP contribution in [0.5, 0.6) is 0 Å². The largest absolute Gasteiger partial charge is 0.445 e. The predicted molar refractivity (Wildman–Crippen MR) is 93.6 cm³/mol. The minimum atomic E-state index is -0.579. The van der Waals surface area contributed by atoms with Crippen LogP contribution in [0.3, 0.4) is 0 Å². The highest BCUT2D eigenvalue weighted by atomic mass is 16.6. The molecule has 3 N–H and O–H groups in total. The molecule has 25 heavy (non-hydrogen) atoms. The number of nitrogens with two attached hydrogens (primary N) is 1. The fourth-order valence-electron chi connectivity index (χ4n) is 2.00. The summed E-state index contributed by atoms with van der Waals surface area (Å²) in [4.78, 5) is 25.6. The molecule has 0 saturated carbocycles. The molecule has 0 aliphatic carbocycles. The molecule has 130 valence electrons. The van der Waals surface area contributed by atoms with Crippen molar-refractivity contribution < 1.29 is 14.5 Å². The highest BCUT2D eigenvalue weighted by molar-refractivity contribution is 5.71. The van der Waals surface area contributed by atoms with Crippen LogP contribution in [0.25, 0.3) is 6.08 Å². The number of anilines is 1. The summed E-state index contributed by atoms with van der Waals surface area (Å²) in [7, 11) is 0. The van der Waals surface area contributed by atoms with Crippen LogP contribution in [0.4, 0.5) is 16.2 Å². The van der Waals surface area contributed by atoms with Crippen molar-refractivity contribution in [3.8, 4) is 0 Å². The van der Waals surface area contributed by atoms with Crippen LogP contribution in [0.2, 0.25) is 0 Å². The first kappa shape index (κ1) is 17.9. The van der Waals surface area contributed by atoms with Gasteiger partial charge in [-0.3, -0.25) is 15.1 Å². The van der Waals surface area contributed by atoms with E-state index in [1.807, 2.05) is 30.3 Å². The van der Waals surface area contributed by atoms with Crippen molar-refractivity contribution >= 4 is 23.5 Å². The Morgan fingerprint density at radius 1 is 1.32 bits per heavy atom. The molecule has 1 aromatic heterocycles. The maximum absolute atomic E-state index is 11.6. The minimum Gasteiger partial charge on any atom is -0.445 e. The smallest absolute Gasteiger partial charge is 0.407 e. The number of amides is 1. The van der Waals surface area contributed by atoms with Crippen molar-refractivity contribution in [2.75, 3.05) is 12.3 Å². The van der Waals surface area contributed by atoms with Gasteiger partial charge in [-0.15, -0.1) is 0 Å². The van der Waals surface area contributed by atoms with E-state index in [-0.39, 0.29) is 18.0 Å². The van der Waals surface area contributed by atoms with Gasteiger partial charge in [0.05, 0.1) is 4.92 Å². The Labute approximate surface area is 144 Å². The van der Waals surface area contributed by atoms with Gasteiger partial charge in [-0.1, -0.05) is 42.5 Å². The van der Waals surface area contributed by atoms with Gasteiger partial charge >= 0.3 is 11.8 Å². The van der Waals surface area contributed by atoms with Crippen LogP contribution >= 0.6 is 0 Å². The number of pyridine rings is 1. The van der Waals surface area contributed by atoms with Crippen molar-refractivity contribution in [2.24, 2.45) is 0 Å². The van der Waals surface area contributed by atoms with Crippen LogP contribution in [-0.2, 0) is 11.3 Å². The summed E-state index contributed by atoms with van der Waals surface area (Å²) in [5.74, 6) is 0. The number of aromatic nitrogens is 1. The Hall–Kier alpha value is -3.42. The molecular weight excluding hydrogens is 324 g/mol. The van der Waals surface area contributed by atoms with Crippen LogP contribution < -0.4 is 11.1 Å². The molecule has 0 aliphatic rings. The molecule has 0 bridgehead atoms. The lowest BCUT2D eigenvalue weighted by Gasteiger charge is -2.06.